The van der Waals surface area contributed by atoms with Crippen LogP contribution in [0.25, 0.3) is 0 Å². The van der Waals surface area contributed by atoms with Crippen LogP contribution in [-0.4, -0.2) is 37.7 Å². The van der Waals surface area contributed by atoms with Crippen LogP contribution in [0.5, 0.6) is 0 Å². The van der Waals surface area contributed by atoms with Gasteiger partial charge in [-0.3, -0.25) is 25.5 Å². The third-order valence-electron chi connectivity index (χ3n) is 5.38. The van der Waals surface area contributed by atoms with Crippen LogP contribution in [0, 0.1) is 16.7 Å². The van der Waals surface area contributed by atoms with Crippen molar-refractivity contribution in [2.24, 2.45) is 0 Å². The summed E-state index contributed by atoms with van der Waals surface area (Å²) in [4.78, 5) is 33.7. The molecule has 0 radical (unpaired) electrons. The quantitative estimate of drug-likeness (QED) is 0.414. The smallest absolute Gasteiger partial charge is 0.335 e. The van der Waals surface area contributed by atoms with Gasteiger partial charge >= 0.3 is 6.18 Å². The maximum Gasteiger partial charge on any atom is 0.433 e. The van der Waals surface area contributed by atoms with Crippen LogP contribution in [0.4, 0.5) is 24.9 Å². The molecule has 0 saturated carbocycles. The minimum absolute atomic E-state index is 0.0541. The lowest BCUT2D eigenvalue weighted by Crippen LogP contribution is -2.80. The third kappa shape index (κ3) is 5.67. The van der Waals surface area contributed by atoms with E-state index in [0.717, 1.165) is 12.3 Å². The molecule has 0 aliphatic heterocycles. The molecule has 0 spiro atoms. The minimum atomic E-state index is -4.56. The topological polar surface area (TPSA) is 152 Å². The summed E-state index contributed by atoms with van der Waals surface area (Å²) in [6.45, 7) is 3.60. The van der Waals surface area contributed by atoms with Gasteiger partial charge in [0.25, 0.3) is 5.56 Å². The maximum absolute atomic E-state index is 12.9. The number of anilines is 1. The Morgan fingerprint density at radius 3 is 2.51 bits per heavy atom. The zero-order valence-electron chi connectivity index (χ0n) is 19.1. The van der Waals surface area contributed by atoms with Crippen LogP contribution < -0.4 is 15.8 Å². The second-order valence-corrected chi connectivity index (χ2v) is 7.71. The average Bonchev–Trinajstić information content (AvgIpc) is 2.84. The Morgan fingerprint density at radius 1 is 1.29 bits per heavy atom. The van der Waals surface area contributed by atoms with Gasteiger partial charge in [0.15, 0.2) is 17.1 Å². The Kier molecular flexibility index (Phi) is 7.55. The Labute approximate surface area is 198 Å². The molecule has 0 bridgehead atoms. The molecular weight excluding hydrogens is 463 g/mol. The fraction of sp³-hybridized carbons (Fsp3) is 0.318. The Bertz CT molecular complexity index is 1280. The molecule has 0 aromatic carbocycles. The molecule has 3 aromatic rings. The molecule has 3 aromatic heterocycles. The van der Waals surface area contributed by atoms with Gasteiger partial charge in [0, 0.05) is 31.2 Å². The number of hydrogen-bond donors (Lipinski definition) is 3. The first-order valence-electron chi connectivity index (χ1n) is 10.6. The molecule has 2 unspecified atom stereocenters. The molecule has 0 saturated heterocycles. The number of aromatic nitrogens is 5. The minimum Gasteiger partial charge on any atom is -0.335 e. The van der Waals surface area contributed by atoms with Crippen molar-refractivity contribution < 1.29 is 18.5 Å². The van der Waals surface area contributed by atoms with Gasteiger partial charge in [-0.1, -0.05) is 6.92 Å². The summed E-state index contributed by atoms with van der Waals surface area (Å²) >= 11 is 0. The lowest BCUT2D eigenvalue weighted by Gasteiger charge is -2.26. The second-order valence-electron chi connectivity index (χ2n) is 7.71. The predicted octanol–water partition coefficient (Wildman–Crippen LogP) is 2.41. The van der Waals surface area contributed by atoms with Crippen molar-refractivity contribution in [3.63, 3.8) is 0 Å². The summed E-state index contributed by atoms with van der Waals surface area (Å²) in [7, 11) is 1.70. The Hall–Kier alpha value is -4.18. The number of nitriles is 1. The van der Waals surface area contributed by atoms with E-state index >= 15 is 0 Å². The van der Waals surface area contributed by atoms with E-state index in [2.05, 4.69) is 24.9 Å². The van der Waals surface area contributed by atoms with Crippen LogP contribution in [0.15, 0.2) is 41.6 Å². The normalized spacial score (nSPS) is 13.1. The van der Waals surface area contributed by atoms with Crippen LogP contribution >= 0.6 is 0 Å². The summed E-state index contributed by atoms with van der Waals surface area (Å²) in [5.41, 5.74) is -2.10. The zero-order chi connectivity index (χ0) is 25.8. The SMILES string of the molecule is CCC(c1ncccn1)N(C)c1nc([NH2+]C(C)c2ccc(C(F)(F)F)nc2)c(C(=N)C#N)c(=O)[nH]1. The van der Waals surface area contributed by atoms with Gasteiger partial charge < -0.3 is 4.90 Å². The molecule has 10 nitrogen and oxygen atoms in total. The molecule has 0 amide bonds. The van der Waals surface area contributed by atoms with E-state index in [1.165, 1.54) is 11.4 Å². The summed E-state index contributed by atoms with van der Waals surface area (Å²) in [6, 6.07) is 4.62. The lowest BCUT2D eigenvalue weighted by atomic mass is 10.1. The van der Waals surface area contributed by atoms with Crippen LogP contribution in [-0.2, 0) is 6.18 Å². The van der Waals surface area contributed by atoms with Gasteiger partial charge in [-0.05, 0) is 31.5 Å². The molecule has 2 atom stereocenters. The fourth-order valence-electron chi connectivity index (χ4n) is 3.50. The van der Waals surface area contributed by atoms with Crippen molar-refractivity contribution in [3.05, 3.63) is 69.8 Å². The van der Waals surface area contributed by atoms with Crippen molar-refractivity contribution in [1.82, 2.24) is 24.9 Å². The van der Waals surface area contributed by atoms with E-state index in [0.29, 0.717) is 17.8 Å². The number of nitrogens with one attached hydrogen (secondary N) is 2. The number of nitrogens with two attached hydrogens (primary N) is 1. The van der Waals surface area contributed by atoms with Gasteiger partial charge in [0.2, 0.25) is 11.8 Å². The molecular formula is C22H23F3N9O+. The number of quaternary nitrogens is 1. The van der Waals surface area contributed by atoms with Crippen LogP contribution in [0.3, 0.4) is 0 Å². The molecule has 3 heterocycles. The van der Waals surface area contributed by atoms with Crippen molar-refractivity contribution in [2.45, 2.75) is 38.5 Å². The molecule has 35 heavy (non-hydrogen) atoms. The number of nitrogens with zero attached hydrogens (tertiary/aromatic N) is 6. The number of aromatic amines is 1. The standard InChI is InChI=1S/C22H22F3N9O/c1-4-15(18-28-8-5-9-29-18)34(3)21-32-19(17(14(27)10-26)20(35)33-21)31-12(2)13-6-7-16(30-11-13)22(23,24)25/h5-9,11-12,15,27H,4H2,1-3H3,(H2,31,32,33,35)/p+1. The third-order valence-corrected chi connectivity index (χ3v) is 5.38. The number of pyridine rings is 1. The van der Waals surface area contributed by atoms with Crippen molar-refractivity contribution in [2.75, 3.05) is 11.9 Å². The van der Waals surface area contributed by atoms with E-state index < -0.39 is 29.2 Å². The Morgan fingerprint density at radius 2 is 1.97 bits per heavy atom. The van der Waals surface area contributed by atoms with Crippen molar-refractivity contribution in [1.29, 1.82) is 10.7 Å². The van der Waals surface area contributed by atoms with Gasteiger partial charge in [0.1, 0.15) is 17.8 Å². The lowest BCUT2D eigenvalue weighted by molar-refractivity contribution is -0.617. The maximum atomic E-state index is 12.9. The highest BCUT2D eigenvalue weighted by Gasteiger charge is 2.32. The van der Waals surface area contributed by atoms with Gasteiger partial charge in [-0.2, -0.15) is 23.4 Å². The second kappa shape index (κ2) is 10.4. The van der Waals surface area contributed by atoms with E-state index in [-0.39, 0.29) is 23.4 Å². The Balaban J connectivity index is 2.00. The highest BCUT2D eigenvalue weighted by Crippen LogP contribution is 2.28. The largest absolute Gasteiger partial charge is 0.433 e. The first-order valence-corrected chi connectivity index (χ1v) is 10.6. The first kappa shape index (κ1) is 25.4. The monoisotopic (exact) mass is 486 g/mol. The highest BCUT2D eigenvalue weighted by molar-refractivity contribution is 6.11. The number of rotatable bonds is 8. The molecule has 0 fully saturated rings. The molecule has 182 valence electrons. The summed E-state index contributed by atoms with van der Waals surface area (Å²) in [5.74, 6) is 0.731. The van der Waals surface area contributed by atoms with Crippen molar-refractivity contribution in [3.8, 4) is 6.07 Å². The highest BCUT2D eigenvalue weighted by atomic mass is 19.4. The number of H-pyrrole nitrogens is 1. The molecule has 4 N–H and O–H groups in total. The van der Waals surface area contributed by atoms with Gasteiger partial charge in [-0.25, -0.2) is 9.97 Å². The number of alkyl halides is 3. The summed E-state index contributed by atoms with van der Waals surface area (Å²) in [6.07, 6.45) is 0.329. The first-order chi connectivity index (χ1) is 16.6. The van der Waals surface area contributed by atoms with Gasteiger partial charge in [0.05, 0.1) is 6.04 Å². The fourth-order valence-corrected chi connectivity index (χ4v) is 3.50. The zero-order valence-corrected chi connectivity index (χ0v) is 19.1. The average molecular weight is 486 g/mol. The number of halogens is 3. The molecule has 13 heteroatoms. The van der Waals surface area contributed by atoms with Gasteiger partial charge in [-0.15, -0.1) is 0 Å². The molecule has 3 rings (SSSR count). The van der Waals surface area contributed by atoms with E-state index in [1.807, 2.05) is 6.92 Å². The van der Waals surface area contributed by atoms with Crippen LogP contribution in [0.2, 0.25) is 0 Å². The van der Waals surface area contributed by atoms with E-state index in [1.54, 1.807) is 43.4 Å². The van der Waals surface area contributed by atoms with Crippen LogP contribution in [0.1, 0.15) is 55.0 Å². The number of hydrogen-bond acceptors (Lipinski definition) is 8. The van der Waals surface area contributed by atoms with E-state index in [4.69, 9.17) is 5.41 Å². The predicted molar refractivity (Wildman–Crippen MR) is 120 cm³/mol. The molecule has 0 aliphatic rings. The van der Waals surface area contributed by atoms with Crippen molar-refractivity contribution >= 4 is 17.5 Å². The summed E-state index contributed by atoms with van der Waals surface area (Å²) in [5, 5.41) is 18.7. The molecule has 0 aliphatic carbocycles. The summed E-state index contributed by atoms with van der Waals surface area (Å²) < 4.78 is 38.5. The van der Waals surface area contributed by atoms with E-state index in [9.17, 15) is 23.2 Å².